The molecule has 0 spiro atoms. The van der Waals surface area contributed by atoms with Gasteiger partial charge in [0.15, 0.2) is 17.3 Å². The second-order valence-electron chi connectivity index (χ2n) is 5.51. The van der Waals surface area contributed by atoms with Crippen molar-refractivity contribution in [3.63, 3.8) is 0 Å². The van der Waals surface area contributed by atoms with Gasteiger partial charge in [-0.05, 0) is 35.7 Å². The number of thiazole rings is 1. The Kier molecular flexibility index (Phi) is 4.74. The summed E-state index contributed by atoms with van der Waals surface area (Å²) in [5, 5.41) is 6.30. The predicted octanol–water partition coefficient (Wildman–Crippen LogP) is 2.95. The third-order valence-electron chi connectivity index (χ3n) is 3.86. The normalized spacial score (nSPS) is 12.3. The van der Waals surface area contributed by atoms with Crippen LogP contribution in [0.3, 0.4) is 0 Å². The zero-order chi connectivity index (χ0) is 18.8. The van der Waals surface area contributed by atoms with Gasteiger partial charge in [0.25, 0.3) is 5.56 Å². The van der Waals surface area contributed by atoms with E-state index in [0.29, 0.717) is 26.8 Å². The summed E-state index contributed by atoms with van der Waals surface area (Å²) >= 11 is 2.92. The van der Waals surface area contributed by atoms with Gasteiger partial charge >= 0.3 is 0 Å². The number of hydrogen-bond donors (Lipinski definition) is 0. The molecule has 6 nitrogen and oxygen atoms in total. The van der Waals surface area contributed by atoms with E-state index < -0.39 is 0 Å². The fraction of sp³-hybridized carbons (Fsp3) is 0.105. The van der Waals surface area contributed by atoms with Crippen LogP contribution in [0.4, 0.5) is 0 Å². The van der Waals surface area contributed by atoms with Gasteiger partial charge in [0.1, 0.15) is 0 Å². The van der Waals surface area contributed by atoms with E-state index in [1.807, 2.05) is 41.8 Å². The van der Waals surface area contributed by atoms with Crippen LogP contribution in [0.25, 0.3) is 23.2 Å². The van der Waals surface area contributed by atoms with Gasteiger partial charge in [0.2, 0.25) is 4.96 Å². The fourth-order valence-electron chi connectivity index (χ4n) is 2.63. The molecule has 0 aliphatic carbocycles. The van der Waals surface area contributed by atoms with E-state index in [-0.39, 0.29) is 5.56 Å². The molecule has 8 heteroatoms. The zero-order valence-electron chi connectivity index (χ0n) is 14.6. The van der Waals surface area contributed by atoms with Crippen molar-refractivity contribution in [1.29, 1.82) is 0 Å². The maximum Gasteiger partial charge on any atom is 0.291 e. The first-order valence-corrected chi connectivity index (χ1v) is 9.73. The van der Waals surface area contributed by atoms with E-state index in [1.165, 1.54) is 15.9 Å². The third-order valence-corrected chi connectivity index (χ3v) is 5.65. The van der Waals surface area contributed by atoms with Crippen LogP contribution in [0.1, 0.15) is 16.3 Å². The third kappa shape index (κ3) is 3.36. The van der Waals surface area contributed by atoms with E-state index in [0.717, 1.165) is 10.4 Å². The summed E-state index contributed by atoms with van der Waals surface area (Å²) in [6.45, 7) is 0. The molecule has 0 N–H and O–H groups in total. The van der Waals surface area contributed by atoms with Crippen molar-refractivity contribution in [2.75, 3.05) is 14.2 Å². The van der Waals surface area contributed by atoms with Crippen LogP contribution in [0.15, 0.2) is 40.5 Å². The average Bonchev–Trinajstić information content (AvgIpc) is 3.39. The highest BCUT2D eigenvalue weighted by molar-refractivity contribution is 7.15. The first-order valence-electron chi connectivity index (χ1n) is 8.03. The Morgan fingerprint density at radius 2 is 2.00 bits per heavy atom. The molecular weight excluding hydrogens is 382 g/mol. The lowest BCUT2D eigenvalue weighted by Crippen LogP contribution is -2.23. The Morgan fingerprint density at radius 1 is 1.11 bits per heavy atom. The number of methoxy groups -OCH3 is 2. The van der Waals surface area contributed by atoms with E-state index in [9.17, 15) is 4.79 Å². The van der Waals surface area contributed by atoms with Gasteiger partial charge in [-0.1, -0.05) is 29.5 Å². The summed E-state index contributed by atoms with van der Waals surface area (Å²) in [6.07, 6.45) is 5.51. The second kappa shape index (κ2) is 7.34. The van der Waals surface area contributed by atoms with Gasteiger partial charge in [0.05, 0.1) is 18.8 Å². The standard InChI is InChI=1S/C19H15N3O3S2/c1-24-14-7-3-5-12(17(14)25-2)11-15-18(23)22-19(27-15)20-16(21-22)9-8-13-6-4-10-26-13/h3-11H,1-2H3. The molecular formula is C19H15N3O3S2. The summed E-state index contributed by atoms with van der Waals surface area (Å²) in [7, 11) is 3.15. The Bertz CT molecular complexity index is 1220. The number of nitrogens with zero attached hydrogens (tertiary/aromatic N) is 3. The molecule has 0 saturated carbocycles. The molecule has 0 aliphatic heterocycles. The number of hydrogen-bond acceptors (Lipinski definition) is 7. The number of para-hydroxylation sites is 1. The van der Waals surface area contributed by atoms with Crippen LogP contribution >= 0.6 is 22.7 Å². The minimum Gasteiger partial charge on any atom is -0.493 e. The SMILES string of the molecule is COc1cccc(C=c2sc3nc(C=Cc4cccs4)nn3c2=O)c1OC. The largest absolute Gasteiger partial charge is 0.493 e. The van der Waals surface area contributed by atoms with Crippen molar-refractivity contribution in [2.45, 2.75) is 0 Å². The lowest BCUT2D eigenvalue weighted by atomic mass is 10.2. The number of thiophene rings is 1. The zero-order valence-corrected chi connectivity index (χ0v) is 16.2. The van der Waals surface area contributed by atoms with Crippen molar-refractivity contribution in [3.8, 4) is 11.5 Å². The molecule has 27 heavy (non-hydrogen) atoms. The highest BCUT2D eigenvalue weighted by Crippen LogP contribution is 2.31. The molecule has 3 heterocycles. The lowest BCUT2D eigenvalue weighted by molar-refractivity contribution is 0.354. The van der Waals surface area contributed by atoms with Crippen molar-refractivity contribution in [3.05, 3.63) is 66.9 Å². The Balaban J connectivity index is 1.74. The van der Waals surface area contributed by atoms with Crippen LogP contribution in [0.2, 0.25) is 0 Å². The molecule has 1 aromatic carbocycles. The lowest BCUT2D eigenvalue weighted by Gasteiger charge is -2.09. The van der Waals surface area contributed by atoms with Crippen molar-refractivity contribution in [2.24, 2.45) is 0 Å². The van der Waals surface area contributed by atoms with Crippen molar-refractivity contribution in [1.82, 2.24) is 14.6 Å². The molecule has 0 fully saturated rings. The molecule has 4 aromatic rings. The molecule has 0 amide bonds. The summed E-state index contributed by atoms with van der Waals surface area (Å²) in [4.78, 5) is 18.8. The number of fused-ring (bicyclic) bond motifs is 1. The van der Waals surface area contributed by atoms with Crippen molar-refractivity contribution < 1.29 is 9.47 Å². The molecule has 0 bridgehead atoms. The van der Waals surface area contributed by atoms with Gasteiger partial charge in [-0.15, -0.1) is 16.4 Å². The quantitative estimate of drug-likeness (QED) is 0.518. The fourth-order valence-corrected chi connectivity index (χ4v) is 4.15. The van der Waals surface area contributed by atoms with Gasteiger partial charge in [0, 0.05) is 10.4 Å². The summed E-state index contributed by atoms with van der Waals surface area (Å²) in [5.41, 5.74) is 0.555. The van der Waals surface area contributed by atoms with E-state index in [2.05, 4.69) is 10.1 Å². The van der Waals surface area contributed by atoms with Crippen molar-refractivity contribution >= 4 is 45.9 Å². The second-order valence-corrected chi connectivity index (χ2v) is 7.50. The maximum atomic E-state index is 12.7. The van der Waals surface area contributed by atoms with E-state index in [4.69, 9.17) is 9.47 Å². The summed E-state index contributed by atoms with van der Waals surface area (Å²) < 4.78 is 12.6. The molecule has 0 atom stereocenters. The number of rotatable bonds is 5. The molecule has 0 aliphatic rings. The molecule has 3 aromatic heterocycles. The van der Waals surface area contributed by atoms with Crippen LogP contribution < -0.4 is 19.6 Å². The van der Waals surface area contributed by atoms with Crippen LogP contribution in [-0.4, -0.2) is 28.8 Å². The van der Waals surface area contributed by atoms with Crippen LogP contribution in [-0.2, 0) is 0 Å². The number of benzene rings is 1. The molecule has 4 rings (SSSR count). The minimum absolute atomic E-state index is 0.205. The van der Waals surface area contributed by atoms with Gasteiger partial charge in [-0.3, -0.25) is 4.79 Å². The highest BCUT2D eigenvalue weighted by atomic mass is 32.1. The monoisotopic (exact) mass is 397 g/mol. The minimum atomic E-state index is -0.205. The van der Waals surface area contributed by atoms with E-state index >= 15 is 0 Å². The smallest absolute Gasteiger partial charge is 0.291 e. The average molecular weight is 397 g/mol. The van der Waals surface area contributed by atoms with E-state index in [1.54, 1.807) is 37.7 Å². The Morgan fingerprint density at radius 3 is 2.70 bits per heavy atom. The number of ether oxygens (including phenoxy) is 2. The first-order chi connectivity index (χ1) is 13.2. The maximum absolute atomic E-state index is 12.7. The predicted molar refractivity (Wildman–Crippen MR) is 109 cm³/mol. The van der Waals surface area contributed by atoms with Crippen LogP contribution in [0.5, 0.6) is 11.5 Å². The summed E-state index contributed by atoms with van der Waals surface area (Å²) in [5.74, 6) is 1.70. The summed E-state index contributed by atoms with van der Waals surface area (Å²) in [6, 6.07) is 9.51. The Labute approximate surface area is 162 Å². The Hall–Kier alpha value is -2.97. The number of aromatic nitrogens is 3. The molecule has 136 valence electrons. The molecule has 0 radical (unpaired) electrons. The molecule has 0 unspecified atom stereocenters. The topological polar surface area (TPSA) is 65.7 Å². The van der Waals surface area contributed by atoms with Gasteiger partial charge < -0.3 is 9.47 Å². The van der Waals surface area contributed by atoms with Gasteiger partial charge in [-0.2, -0.15) is 9.50 Å². The van der Waals surface area contributed by atoms with Crippen LogP contribution in [0, 0.1) is 0 Å². The first kappa shape index (κ1) is 17.4. The molecule has 0 saturated heterocycles. The van der Waals surface area contributed by atoms with Gasteiger partial charge in [-0.25, -0.2) is 0 Å². The highest BCUT2D eigenvalue weighted by Gasteiger charge is 2.11.